The number of benzene rings is 1. The van der Waals surface area contributed by atoms with Crippen LogP contribution in [0, 0.1) is 6.92 Å². The van der Waals surface area contributed by atoms with Gasteiger partial charge in [0.15, 0.2) is 5.13 Å². The molecule has 0 N–H and O–H groups in total. The maximum Gasteiger partial charge on any atom is 0.254 e. The summed E-state index contributed by atoms with van der Waals surface area (Å²) in [5, 5.41) is 1.05. The number of hydrogen-bond acceptors (Lipinski definition) is 5. The van der Waals surface area contributed by atoms with Gasteiger partial charge in [0, 0.05) is 44.1 Å². The van der Waals surface area contributed by atoms with Gasteiger partial charge in [-0.3, -0.25) is 9.78 Å². The van der Waals surface area contributed by atoms with Crippen molar-refractivity contribution in [1.82, 2.24) is 14.9 Å². The number of pyridine rings is 1. The Labute approximate surface area is 144 Å². The van der Waals surface area contributed by atoms with Gasteiger partial charge < -0.3 is 9.80 Å². The zero-order valence-corrected chi connectivity index (χ0v) is 14.3. The Morgan fingerprint density at radius 3 is 2.58 bits per heavy atom. The standard InChI is InChI=1S/C18H18N4OS/c1-13-2-3-15-16(12-13)24-18(20-15)22-10-8-21(9-11-22)17(23)14-4-6-19-7-5-14/h2-7,12H,8-11H2,1H3. The second-order valence-corrected chi connectivity index (χ2v) is 6.99. The van der Waals surface area contributed by atoms with Crippen LogP contribution in [0.5, 0.6) is 0 Å². The van der Waals surface area contributed by atoms with Gasteiger partial charge in [-0.2, -0.15) is 0 Å². The summed E-state index contributed by atoms with van der Waals surface area (Å²) in [5.74, 6) is 0.0805. The summed E-state index contributed by atoms with van der Waals surface area (Å²) in [6.45, 7) is 5.17. The normalized spacial score (nSPS) is 15.0. The molecule has 5 nitrogen and oxygen atoms in total. The lowest BCUT2D eigenvalue weighted by atomic mass is 10.2. The summed E-state index contributed by atoms with van der Waals surface area (Å²) in [6, 6.07) is 9.89. The first-order valence-electron chi connectivity index (χ1n) is 8.02. The maximum atomic E-state index is 12.5. The second-order valence-electron chi connectivity index (χ2n) is 5.98. The number of rotatable bonds is 2. The number of hydrogen-bond donors (Lipinski definition) is 0. The van der Waals surface area contributed by atoms with E-state index in [-0.39, 0.29) is 5.91 Å². The molecule has 0 unspecified atom stereocenters. The monoisotopic (exact) mass is 338 g/mol. The van der Waals surface area contributed by atoms with Crippen LogP contribution < -0.4 is 4.90 Å². The molecule has 1 aliphatic heterocycles. The molecule has 1 aromatic carbocycles. The fourth-order valence-electron chi connectivity index (χ4n) is 2.93. The predicted octanol–water partition coefficient (Wildman–Crippen LogP) is 2.96. The number of anilines is 1. The lowest BCUT2D eigenvalue weighted by molar-refractivity contribution is 0.0746. The fraction of sp³-hybridized carbons (Fsp3) is 0.278. The molecule has 0 spiro atoms. The van der Waals surface area contributed by atoms with Crippen molar-refractivity contribution in [2.75, 3.05) is 31.1 Å². The van der Waals surface area contributed by atoms with Crippen LogP contribution >= 0.6 is 11.3 Å². The molecule has 0 bridgehead atoms. The number of thiazole rings is 1. The van der Waals surface area contributed by atoms with Gasteiger partial charge in [-0.1, -0.05) is 17.4 Å². The van der Waals surface area contributed by atoms with Crippen molar-refractivity contribution >= 4 is 32.6 Å². The van der Waals surface area contributed by atoms with Crippen LogP contribution in [0.4, 0.5) is 5.13 Å². The molecule has 3 heterocycles. The number of amides is 1. The van der Waals surface area contributed by atoms with Gasteiger partial charge >= 0.3 is 0 Å². The quantitative estimate of drug-likeness (QED) is 0.721. The highest BCUT2D eigenvalue weighted by atomic mass is 32.1. The summed E-state index contributed by atoms with van der Waals surface area (Å²) >= 11 is 1.73. The zero-order chi connectivity index (χ0) is 16.5. The van der Waals surface area contributed by atoms with E-state index in [1.54, 1.807) is 35.9 Å². The first-order chi connectivity index (χ1) is 11.7. The number of aromatic nitrogens is 2. The molecule has 1 aliphatic rings. The van der Waals surface area contributed by atoms with Crippen molar-refractivity contribution in [2.24, 2.45) is 0 Å². The van der Waals surface area contributed by atoms with E-state index in [4.69, 9.17) is 4.98 Å². The van der Waals surface area contributed by atoms with Crippen molar-refractivity contribution in [3.05, 3.63) is 53.9 Å². The molecule has 1 saturated heterocycles. The molecule has 0 atom stereocenters. The van der Waals surface area contributed by atoms with Crippen LogP contribution in [0.15, 0.2) is 42.7 Å². The van der Waals surface area contributed by atoms with Crippen molar-refractivity contribution < 1.29 is 4.79 Å². The molecule has 24 heavy (non-hydrogen) atoms. The second kappa shape index (κ2) is 6.20. The van der Waals surface area contributed by atoms with E-state index >= 15 is 0 Å². The van der Waals surface area contributed by atoms with Gasteiger partial charge in [-0.15, -0.1) is 0 Å². The Kier molecular flexibility index (Phi) is 3.90. The third kappa shape index (κ3) is 2.85. The molecule has 0 aliphatic carbocycles. The molecule has 3 aromatic rings. The SMILES string of the molecule is Cc1ccc2nc(N3CCN(C(=O)c4ccncc4)CC3)sc2c1. The van der Waals surface area contributed by atoms with E-state index in [1.165, 1.54) is 10.3 Å². The molecule has 4 rings (SSSR count). The van der Waals surface area contributed by atoms with Crippen molar-refractivity contribution in [2.45, 2.75) is 6.92 Å². The molecule has 1 fully saturated rings. The van der Waals surface area contributed by atoms with E-state index in [0.29, 0.717) is 5.56 Å². The third-order valence-corrected chi connectivity index (χ3v) is 5.38. The molecule has 6 heteroatoms. The lowest BCUT2D eigenvalue weighted by Gasteiger charge is -2.34. The maximum absolute atomic E-state index is 12.5. The highest BCUT2D eigenvalue weighted by Crippen LogP contribution is 2.30. The van der Waals surface area contributed by atoms with Crippen LogP contribution in [-0.2, 0) is 0 Å². The predicted molar refractivity (Wildman–Crippen MR) is 96.7 cm³/mol. The summed E-state index contributed by atoms with van der Waals surface area (Å²) in [7, 11) is 0. The topological polar surface area (TPSA) is 49.3 Å². The molecule has 1 amide bonds. The third-order valence-electron chi connectivity index (χ3n) is 4.30. The summed E-state index contributed by atoms with van der Waals surface area (Å²) in [4.78, 5) is 25.4. The smallest absolute Gasteiger partial charge is 0.254 e. The number of carbonyl (C=O) groups is 1. The lowest BCUT2D eigenvalue weighted by Crippen LogP contribution is -2.48. The molecule has 2 aromatic heterocycles. The fourth-order valence-corrected chi connectivity index (χ4v) is 4.05. The highest BCUT2D eigenvalue weighted by molar-refractivity contribution is 7.22. The summed E-state index contributed by atoms with van der Waals surface area (Å²) < 4.78 is 1.22. The van der Waals surface area contributed by atoms with Crippen LogP contribution in [0.2, 0.25) is 0 Å². The van der Waals surface area contributed by atoms with Crippen LogP contribution in [-0.4, -0.2) is 47.0 Å². The molecule has 122 valence electrons. The number of aryl methyl sites for hydroxylation is 1. The first kappa shape index (κ1) is 15.1. The van der Waals surface area contributed by atoms with Crippen molar-refractivity contribution in [1.29, 1.82) is 0 Å². The van der Waals surface area contributed by atoms with E-state index in [1.807, 2.05) is 4.90 Å². The van der Waals surface area contributed by atoms with Gasteiger partial charge in [-0.05, 0) is 36.8 Å². The first-order valence-corrected chi connectivity index (χ1v) is 8.84. The molecule has 0 radical (unpaired) electrons. The van der Waals surface area contributed by atoms with Gasteiger partial charge in [0.2, 0.25) is 0 Å². The van der Waals surface area contributed by atoms with E-state index < -0.39 is 0 Å². The van der Waals surface area contributed by atoms with Crippen LogP contribution in [0.25, 0.3) is 10.2 Å². The number of carbonyl (C=O) groups excluding carboxylic acids is 1. The summed E-state index contributed by atoms with van der Waals surface area (Å²) in [6.07, 6.45) is 3.32. The Morgan fingerprint density at radius 2 is 1.83 bits per heavy atom. The van der Waals surface area contributed by atoms with E-state index in [2.05, 4.69) is 35.0 Å². The highest BCUT2D eigenvalue weighted by Gasteiger charge is 2.23. The van der Waals surface area contributed by atoms with Gasteiger partial charge in [0.25, 0.3) is 5.91 Å². The number of piperazine rings is 1. The van der Waals surface area contributed by atoms with Crippen molar-refractivity contribution in [3.63, 3.8) is 0 Å². The Hall–Kier alpha value is -2.47. The molecular weight excluding hydrogens is 320 g/mol. The van der Waals surface area contributed by atoms with Crippen LogP contribution in [0.1, 0.15) is 15.9 Å². The number of fused-ring (bicyclic) bond motifs is 1. The van der Waals surface area contributed by atoms with Gasteiger partial charge in [-0.25, -0.2) is 4.98 Å². The average Bonchev–Trinajstić information content (AvgIpc) is 3.05. The largest absolute Gasteiger partial charge is 0.345 e. The average molecular weight is 338 g/mol. The molecular formula is C18H18N4OS. The Morgan fingerprint density at radius 1 is 1.08 bits per heavy atom. The minimum Gasteiger partial charge on any atom is -0.345 e. The van der Waals surface area contributed by atoms with Gasteiger partial charge in [0.05, 0.1) is 10.2 Å². The number of nitrogens with zero attached hydrogens (tertiary/aromatic N) is 4. The van der Waals surface area contributed by atoms with Crippen molar-refractivity contribution in [3.8, 4) is 0 Å². The van der Waals surface area contributed by atoms with Crippen LogP contribution in [0.3, 0.4) is 0 Å². The minimum atomic E-state index is 0.0805. The van der Waals surface area contributed by atoms with E-state index in [9.17, 15) is 4.79 Å². The van der Waals surface area contributed by atoms with E-state index in [0.717, 1.165) is 36.8 Å². The minimum absolute atomic E-state index is 0.0805. The Bertz CT molecular complexity index is 869. The Balaban J connectivity index is 1.46. The zero-order valence-electron chi connectivity index (χ0n) is 13.5. The van der Waals surface area contributed by atoms with Gasteiger partial charge in [0.1, 0.15) is 0 Å². The molecule has 0 saturated carbocycles. The summed E-state index contributed by atoms with van der Waals surface area (Å²) in [5.41, 5.74) is 3.01.